The maximum Gasteiger partial charge on any atom is 0.323 e. The molecular formula is C16H20N2O6. The van der Waals surface area contributed by atoms with Crippen LogP contribution in [0, 0.1) is 0 Å². The lowest BCUT2D eigenvalue weighted by Gasteiger charge is -2.33. The van der Waals surface area contributed by atoms with Crippen LogP contribution in [0.15, 0.2) is 12.1 Å². The van der Waals surface area contributed by atoms with Crippen molar-refractivity contribution >= 4 is 11.9 Å². The Bertz CT molecular complexity index is 648. The molecule has 0 radical (unpaired) electrons. The van der Waals surface area contributed by atoms with Gasteiger partial charge in [-0.25, -0.2) is 0 Å². The summed E-state index contributed by atoms with van der Waals surface area (Å²) in [4.78, 5) is 26.1. The van der Waals surface area contributed by atoms with Gasteiger partial charge in [0.2, 0.25) is 5.91 Å². The summed E-state index contributed by atoms with van der Waals surface area (Å²) in [7, 11) is 1.59. The van der Waals surface area contributed by atoms with E-state index in [-0.39, 0.29) is 19.0 Å². The first-order valence-corrected chi connectivity index (χ1v) is 7.75. The Morgan fingerprint density at radius 2 is 1.96 bits per heavy atom. The number of hydrogen-bond donors (Lipinski definition) is 1. The highest BCUT2D eigenvalue weighted by Gasteiger charge is 2.26. The second-order valence-corrected chi connectivity index (χ2v) is 5.73. The first kappa shape index (κ1) is 16.4. The summed E-state index contributed by atoms with van der Waals surface area (Å²) in [5, 5.41) is 8.82. The van der Waals surface area contributed by atoms with Crippen LogP contribution < -0.4 is 14.2 Å². The minimum Gasteiger partial charge on any atom is -0.496 e. The number of benzene rings is 1. The second-order valence-electron chi connectivity index (χ2n) is 5.73. The quantitative estimate of drug-likeness (QED) is 0.821. The Kier molecular flexibility index (Phi) is 4.75. The van der Waals surface area contributed by atoms with Crippen molar-refractivity contribution in [2.75, 3.05) is 46.5 Å². The van der Waals surface area contributed by atoms with Crippen LogP contribution in [0.2, 0.25) is 0 Å². The van der Waals surface area contributed by atoms with Gasteiger partial charge in [-0.3, -0.25) is 14.5 Å². The van der Waals surface area contributed by atoms with Gasteiger partial charge in [0.25, 0.3) is 0 Å². The molecule has 130 valence electrons. The number of carboxylic acids is 1. The Balaban J connectivity index is 1.70. The van der Waals surface area contributed by atoms with Crippen molar-refractivity contribution in [3.63, 3.8) is 0 Å². The van der Waals surface area contributed by atoms with E-state index in [2.05, 4.69) is 0 Å². The number of carboxylic acid groups (broad SMARTS) is 1. The maximum atomic E-state index is 12.1. The third-order valence-corrected chi connectivity index (χ3v) is 4.06. The average molecular weight is 336 g/mol. The van der Waals surface area contributed by atoms with Gasteiger partial charge < -0.3 is 24.2 Å². The molecule has 0 aromatic heterocycles. The molecule has 0 unspecified atom stereocenters. The summed E-state index contributed by atoms with van der Waals surface area (Å²) >= 11 is 0. The monoisotopic (exact) mass is 336 g/mol. The molecule has 8 nitrogen and oxygen atoms in total. The number of carbonyl (C=O) groups excluding carboxylic acids is 1. The summed E-state index contributed by atoms with van der Waals surface area (Å²) in [6.45, 7) is 2.48. The van der Waals surface area contributed by atoms with Crippen LogP contribution in [0.4, 0.5) is 0 Å². The number of amides is 1. The Morgan fingerprint density at radius 1 is 1.25 bits per heavy atom. The van der Waals surface area contributed by atoms with E-state index in [1.807, 2.05) is 11.0 Å². The molecule has 2 aliphatic rings. The third-order valence-electron chi connectivity index (χ3n) is 4.06. The molecule has 0 bridgehead atoms. The predicted octanol–water partition coefficient (Wildman–Crippen LogP) is 0.195. The van der Waals surface area contributed by atoms with Crippen molar-refractivity contribution in [1.82, 2.24) is 9.80 Å². The topological polar surface area (TPSA) is 88.5 Å². The van der Waals surface area contributed by atoms with E-state index in [1.165, 1.54) is 4.90 Å². The molecule has 1 amide bonds. The van der Waals surface area contributed by atoms with Crippen molar-refractivity contribution in [3.8, 4) is 17.2 Å². The number of rotatable bonds is 5. The molecular weight excluding hydrogens is 316 g/mol. The molecule has 0 saturated carbocycles. The molecule has 1 N–H and O–H groups in total. The number of aliphatic carboxylic acids is 1. The van der Waals surface area contributed by atoms with Gasteiger partial charge in [0.05, 0.1) is 13.7 Å². The normalized spacial score (nSPS) is 17.7. The molecule has 2 heterocycles. The zero-order valence-corrected chi connectivity index (χ0v) is 13.5. The fraction of sp³-hybridized carbons (Fsp3) is 0.500. The van der Waals surface area contributed by atoms with Crippen LogP contribution in [0.25, 0.3) is 0 Å². The number of fused-ring (bicyclic) bond motifs is 1. The number of nitrogens with zero attached hydrogens (tertiary/aromatic N) is 2. The molecule has 0 aliphatic carbocycles. The molecule has 0 spiro atoms. The molecule has 0 atom stereocenters. The van der Waals surface area contributed by atoms with Crippen LogP contribution >= 0.6 is 0 Å². The zero-order chi connectivity index (χ0) is 17.1. The highest BCUT2D eigenvalue weighted by molar-refractivity contribution is 5.83. The van der Waals surface area contributed by atoms with E-state index in [0.717, 1.165) is 5.56 Å². The van der Waals surface area contributed by atoms with E-state index < -0.39 is 5.97 Å². The lowest BCUT2D eigenvalue weighted by molar-refractivity contribution is -0.147. The number of hydrogen-bond acceptors (Lipinski definition) is 6. The lowest BCUT2D eigenvalue weighted by Crippen LogP contribution is -2.51. The summed E-state index contributed by atoms with van der Waals surface area (Å²) < 4.78 is 16.6. The van der Waals surface area contributed by atoms with Gasteiger partial charge in [-0.05, 0) is 6.07 Å². The van der Waals surface area contributed by atoms with Gasteiger partial charge in [-0.15, -0.1) is 0 Å². The number of carbonyl (C=O) groups is 2. The van der Waals surface area contributed by atoms with Crippen molar-refractivity contribution in [3.05, 3.63) is 17.7 Å². The smallest absolute Gasteiger partial charge is 0.323 e. The van der Waals surface area contributed by atoms with Crippen molar-refractivity contribution < 1.29 is 28.9 Å². The van der Waals surface area contributed by atoms with Gasteiger partial charge in [0, 0.05) is 31.3 Å². The SMILES string of the molecule is COc1cc2c(cc1CN1CCN(CC(=O)O)C(=O)C1)OCCO2. The largest absolute Gasteiger partial charge is 0.496 e. The minimum atomic E-state index is -0.995. The van der Waals surface area contributed by atoms with Crippen LogP contribution in [0.5, 0.6) is 17.2 Å². The highest BCUT2D eigenvalue weighted by Crippen LogP contribution is 2.37. The van der Waals surface area contributed by atoms with E-state index in [0.29, 0.717) is 50.1 Å². The predicted molar refractivity (Wildman–Crippen MR) is 83.5 cm³/mol. The lowest BCUT2D eigenvalue weighted by atomic mass is 10.1. The number of ether oxygens (including phenoxy) is 3. The number of piperazine rings is 1. The van der Waals surface area contributed by atoms with E-state index in [4.69, 9.17) is 19.3 Å². The second kappa shape index (κ2) is 6.96. The van der Waals surface area contributed by atoms with Gasteiger partial charge in [-0.1, -0.05) is 0 Å². The fourth-order valence-corrected chi connectivity index (χ4v) is 2.89. The Hall–Kier alpha value is -2.48. The van der Waals surface area contributed by atoms with Gasteiger partial charge in [0.15, 0.2) is 11.5 Å². The third kappa shape index (κ3) is 3.53. The average Bonchev–Trinajstić information content (AvgIpc) is 2.56. The summed E-state index contributed by atoms with van der Waals surface area (Å²) in [5.74, 6) is 0.835. The molecule has 1 aromatic carbocycles. The van der Waals surface area contributed by atoms with E-state index in [9.17, 15) is 9.59 Å². The first-order valence-electron chi connectivity index (χ1n) is 7.75. The van der Waals surface area contributed by atoms with E-state index >= 15 is 0 Å². The van der Waals surface area contributed by atoms with Gasteiger partial charge >= 0.3 is 5.97 Å². The molecule has 3 rings (SSSR count). The molecule has 1 aromatic rings. The van der Waals surface area contributed by atoms with Crippen molar-refractivity contribution in [1.29, 1.82) is 0 Å². The van der Waals surface area contributed by atoms with Crippen LogP contribution in [0.3, 0.4) is 0 Å². The summed E-state index contributed by atoms with van der Waals surface area (Å²) in [6, 6.07) is 3.67. The van der Waals surface area contributed by atoms with Gasteiger partial charge in [-0.2, -0.15) is 0 Å². The van der Waals surface area contributed by atoms with Crippen LogP contribution in [0.1, 0.15) is 5.56 Å². The molecule has 2 aliphatic heterocycles. The fourth-order valence-electron chi connectivity index (χ4n) is 2.89. The Morgan fingerprint density at radius 3 is 2.58 bits per heavy atom. The standard InChI is InChI=1S/C16H20N2O6/c1-22-12-7-14-13(23-4-5-24-14)6-11(12)8-17-2-3-18(10-16(20)21)15(19)9-17/h6-7H,2-5,8-10H2,1H3,(H,20,21). The molecule has 1 saturated heterocycles. The minimum absolute atomic E-state index is 0.180. The van der Waals surface area contributed by atoms with Crippen LogP contribution in [-0.2, 0) is 16.1 Å². The highest BCUT2D eigenvalue weighted by atomic mass is 16.6. The van der Waals surface area contributed by atoms with Crippen molar-refractivity contribution in [2.24, 2.45) is 0 Å². The molecule has 24 heavy (non-hydrogen) atoms. The van der Waals surface area contributed by atoms with Crippen molar-refractivity contribution in [2.45, 2.75) is 6.54 Å². The maximum absolute atomic E-state index is 12.1. The summed E-state index contributed by atoms with van der Waals surface area (Å²) in [5.41, 5.74) is 0.904. The first-order chi connectivity index (χ1) is 11.6. The zero-order valence-electron chi connectivity index (χ0n) is 13.5. The van der Waals surface area contributed by atoms with Crippen LogP contribution in [-0.4, -0.2) is 73.3 Å². The molecule has 1 fully saturated rings. The summed E-state index contributed by atoms with van der Waals surface area (Å²) in [6.07, 6.45) is 0. The Labute approximate surface area is 139 Å². The van der Waals surface area contributed by atoms with Gasteiger partial charge in [0.1, 0.15) is 25.5 Å². The molecule has 8 heteroatoms. The number of methoxy groups -OCH3 is 1. The van der Waals surface area contributed by atoms with E-state index in [1.54, 1.807) is 13.2 Å².